The zero-order valence-electron chi connectivity index (χ0n) is 13.6. The standard InChI is InChI=1S/C19H21O3P/c1-19(2,18(21)22-23-3)13-17(20)16-11-9-15(10-12-16)14-7-5-4-6-8-14/h4-12,23H,13H2,1-3H3. The molecule has 0 heterocycles. The molecule has 2 aromatic rings. The summed E-state index contributed by atoms with van der Waals surface area (Å²) in [6, 6.07) is 17.5. The predicted octanol–water partition coefficient (Wildman–Crippen LogP) is 4.72. The fourth-order valence-electron chi connectivity index (χ4n) is 2.29. The maximum absolute atomic E-state index is 12.4. The van der Waals surface area contributed by atoms with Crippen molar-refractivity contribution >= 4 is 20.6 Å². The van der Waals surface area contributed by atoms with Crippen molar-refractivity contribution in [2.75, 3.05) is 6.66 Å². The molecule has 0 saturated heterocycles. The van der Waals surface area contributed by atoms with Gasteiger partial charge < -0.3 is 4.52 Å². The van der Waals surface area contributed by atoms with Crippen LogP contribution in [-0.4, -0.2) is 18.4 Å². The molecule has 0 radical (unpaired) electrons. The van der Waals surface area contributed by atoms with Crippen LogP contribution in [0.2, 0.25) is 0 Å². The van der Waals surface area contributed by atoms with E-state index in [2.05, 4.69) is 0 Å². The topological polar surface area (TPSA) is 43.4 Å². The number of rotatable bonds is 6. The van der Waals surface area contributed by atoms with E-state index >= 15 is 0 Å². The molecule has 0 aliphatic rings. The fourth-order valence-corrected chi connectivity index (χ4v) is 2.75. The van der Waals surface area contributed by atoms with E-state index in [1.807, 2.05) is 54.6 Å². The Labute approximate surface area is 138 Å². The van der Waals surface area contributed by atoms with Crippen molar-refractivity contribution in [3.05, 3.63) is 60.2 Å². The lowest BCUT2D eigenvalue weighted by molar-refractivity contribution is -0.142. The van der Waals surface area contributed by atoms with Crippen LogP contribution in [0.1, 0.15) is 30.6 Å². The Kier molecular flexibility index (Phi) is 5.68. The van der Waals surface area contributed by atoms with Gasteiger partial charge in [-0.3, -0.25) is 9.59 Å². The first-order valence-corrected chi connectivity index (χ1v) is 8.91. The van der Waals surface area contributed by atoms with Gasteiger partial charge in [0.05, 0.1) is 14.2 Å². The Morgan fingerprint density at radius 3 is 2.09 bits per heavy atom. The largest absolute Gasteiger partial charge is 0.448 e. The van der Waals surface area contributed by atoms with Gasteiger partial charge in [0, 0.05) is 12.0 Å². The van der Waals surface area contributed by atoms with Gasteiger partial charge in [0.2, 0.25) is 0 Å². The monoisotopic (exact) mass is 328 g/mol. The summed E-state index contributed by atoms with van der Waals surface area (Å²) in [5.74, 6) is -0.376. The smallest absolute Gasteiger partial charge is 0.314 e. The van der Waals surface area contributed by atoms with Gasteiger partial charge in [-0.2, -0.15) is 0 Å². The highest BCUT2D eigenvalue weighted by Crippen LogP contribution is 2.28. The third kappa shape index (κ3) is 4.49. The molecule has 2 rings (SSSR count). The van der Waals surface area contributed by atoms with E-state index in [0.717, 1.165) is 11.1 Å². The van der Waals surface area contributed by atoms with Gasteiger partial charge in [0.1, 0.15) is 0 Å². The molecule has 0 spiro atoms. The van der Waals surface area contributed by atoms with Crippen LogP contribution in [0.4, 0.5) is 0 Å². The lowest BCUT2D eigenvalue weighted by atomic mass is 9.85. The third-order valence-corrected chi connectivity index (χ3v) is 4.05. The second-order valence-electron chi connectivity index (χ2n) is 6.02. The highest BCUT2D eigenvalue weighted by atomic mass is 31.1. The van der Waals surface area contributed by atoms with Crippen LogP contribution in [-0.2, 0) is 9.32 Å². The van der Waals surface area contributed by atoms with E-state index in [0.29, 0.717) is 5.56 Å². The summed E-state index contributed by atoms with van der Waals surface area (Å²) in [6.45, 7) is 5.27. The summed E-state index contributed by atoms with van der Waals surface area (Å²) >= 11 is 0. The van der Waals surface area contributed by atoms with Crippen molar-refractivity contribution in [3.63, 3.8) is 0 Å². The molecule has 1 atom stereocenters. The van der Waals surface area contributed by atoms with E-state index in [1.54, 1.807) is 20.5 Å². The van der Waals surface area contributed by atoms with E-state index in [-0.39, 0.29) is 27.0 Å². The molecule has 120 valence electrons. The molecule has 0 saturated carbocycles. The average molecular weight is 328 g/mol. The maximum Gasteiger partial charge on any atom is 0.314 e. The minimum Gasteiger partial charge on any atom is -0.448 e. The van der Waals surface area contributed by atoms with Gasteiger partial charge in [-0.25, -0.2) is 0 Å². The van der Waals surface area contributed by atoms with Crippen molar-refractivity contribution < 1.29 is 14.1 Å². The first-order valence-electron chi connectivity index (χ1n) is 7.51. The fraction of sp³-hybridized carbons (Fsp3) is 0.263. The average Bonchev–Trinajstić information content (AvgIpc) is 2.55. The molecule has 23 heavy (non-hydrogen) atoms. The minimum absolute atomic E-state index is 0.0500. The van der Waals surface area contributed by atoms with Crippen molar-refractivity contribution in [1.29, 1.82) is 0 Å². The highest BCUT2D eigenvalue weighted by Gasteiger charge is 2.32. The maximum atomic E-state index is 12.4. The van der Waals surface area contributed by atoms with Crippen LogP contribution in [0.5, 0.6) is 0 Å². The SMILES string of the molecule is CPOC(=O)C(C)(C)CC(=O)c1ccc(-c2ccccc2)cc1. The molecule has 0 aliphatic heterocycles. The van der Waals surface area contributed by atoms with Crippen molar-refractivity contribution in [1.82, 2.24) is 0 Å². The number of hydrogen-bond acceptors (Lipinski definition) is 3. The first-order chi connectivity index (χ1) is 10.9. The van der Waals surface area contributed by atoms with Crippen LogP contribution in [0, 0.1) is 5.41 Å². The van der Waals surface area contributed by atoms with Gasteiger partial charge in [-0.1, -0.05) is 54.6 Å². The Morgan fingerprint density at radius 2 is 1.52 bits per heavy atom. The molecule has 0 N–H and O–H groups in total. The molecule has 0 aromatic heterocycles. The molecule has 0 aliphatic carbocycles. The van der Waals surface area contributed by atoms with Gasteiger partial charge in [-0.15, -0.1) is 0 Å². The molecule has 0 bridgehead atoms. The number of benzene rings is 2. The van der Waals surface area contributed by atoms with Gasteiger partial charge in [0.25, 0.3) is 0 Å². The predicted molar refractivity (Wildman–Crippen MR) is 94.9 cm³/mol. The summed E-state index contributed by atoms with van der Waals surface area (Å²) < 4.78 is 5.06. The second kappa shape index (κ2) is 7.52. The molecule has 2 aromatic carbocycles. The zero-order chi connectivity index (χ0) is 16.9. The third-order valence-electron chi connectivity index (χ3n) is 3.66. The van der Waals surface area contributed by atoms with Crippen molar-refractivity contribution in [3.8, 4) is 11.1 Å². The Bertz CT molecular complexity index is 676. The second-order valence-corrected chi connectivity index (χ2v) is 6.63. The van der Waals surface area contributed by atoms with Crippen molar-refractivity contribution in [2.45, 2.75) is 20.3 Å². The summed E-state index contributed by atoms with van der Waals surface area (Å²) in [7, 11) is 0.0961. The van der Waals surface area contributed by atoms with Gasteiger partial charge >= 0.3 is 5.97 Å². The number of carbonyl (C=O) groups excluding carboxylic acids is 2. The van der Waals surface area contributed by atoms with Crippen molar-refractivity contribution in [2.24, 2.45) is 5.41 Å². The minimum atomic E-state index is -0.807. The van der Waals surface area contributed by atoms with Crippen LogP contribution in [0.15, 0.2) is 54.6 Å². The Hall–Kier alpha value is -1.99. The normalized spacial score (nSPS) is 11.6. The molecular weight excluding hydrogens is 307 g/mol. The van der Waals surface area contributed by atoms with Crippen LogP contribution >= 0.6 is 8.81 Å². The Morgan fingerprint density at radius 1 is 0.957 bits per heavy atom. The first kappa shape index (κ1) is 17.4. The molecule has 1 unspecified atom stereocenters. The molecule has 0 amide bonds. The van der Waals surface area contributed by atoms with Gasteiger partial charge in [0.15, 0.2) is 5.78 Å². The lowest BCUT2D eigenvalue weighted by Gasteiger charge is -2.21. The number of carbonyl (C=O) groups is 2. The summed E-state index contributed by atoms with van der Waals surface area (Å²) in [5, 5.41) is 0. The van der Waals surface area contributed by atoms with E-state index in [9.17, 15) is 9.59 Å². The van der Waals surface area contributed by atoms with E-state index in [1.165, 1.54) is 0 Å². The van der Waals surface area contributed by atoms with E-state index in [4.69, 9.17) is 4.52 Å². The molecule has 4 heteroatoms. The molecular formula is C19H21O3P. The summed E-state index contributed by atoms with van der Waals surface area (Å²) in [6.07, 6.45) is 0.140. The quantitative estimate of drug-likeness (QED) is 0.569. The highest BCUT2D eigenvalue weighted by molar-refractivity contribution is 7.31. The lowest BCUT2D eigenvalue weighted by Crippen LogP contribution is -2.27. The summed E-state index contributed by atoms with van der Waals surface area (Å²) in [5.41, 5.74) is 1.98. The molecule has 3 nitrogen and oxygen atoms in total. The van der Waals surface area contributed by atoms with Crippen LogP contribution in [0.3, 0.4) is 0 Å². The number of Topliss-reactive ketones (excluding diaryl/α,β-unsaturated/α-hetero) is 1. The van der Waals surface area contributed by atoms with Crippen LogP contribution in [0.25, 0.3) is 11.1 Å². The molecule has 0 fully saturated rings. The van der Waals surface area contributed by atoms with Crippen LogP contribution < -0.4 is 0 Å². The van der Waals surface area contributed by atoms with Gasteiger partial charge in [-0.05, 0) is 31.6 Å². The summed E-state index contributed by atoms with van der Waals surface area (Å²) in [4.78, 5) is 24.3. The zero-order valence-corrected chi connectivity index (χ0v) is 14.6. The Balaban J connectivity index is 2.10. The number of hydrogen-bond donors (Lipinski definition) is 0. The van der Waals surface area contributed by atoms with E-state index < -0.39 is 5.41 Å². The number of ketones is 1.